The fraction of sp³-hybridized carbons (Fsp3) is 0.333. The average molecular weight is 372 g/mol. The van der Waals surface area contributed by atoms with E-state index in [1.54, 1.807) is 31.1 Å². The number of nitrogens with zero attached hydrogens (tertiary/aromatic N) is 2. The molecule has 0 aliphatic heterocycles. The topological polar surface area (TPSA) is 72.4 Å². The maximum atomic E-state index is 11.7. The van der Waals surface area contributed by atoms with Crippen molar-refractivity contribution in [2.45, 2.75) is 6.42 Å². The highest BCUT2D eigenvalue weighted by Gasteiger charge is 2.19. The monoisotopic (exact) mass is 371 g/mol. The summed E-state index contributed by atoms with van der Waals surface area (Å²) < 4.78 is 15.0. The molecular formula is C15H18ClN3O4S. The largest absolute Gasteiger partial charge is 0.500 e. The molecule has 1 rings (SSSR count). The number of nitrogens with one attached hydrogen (secondary N) is 1. The van der Waals surface area contributed by atoms with E-state index in [9.17, 15) is 4.79 Å². The van der Waals surface area contributed by atoms with Gasteiger partial charge in [0.15, 0.2) is 5.11 Å². The van der Waals surface area contributed by atoms with E-state index in [1.807, 2.05) is 0 Å². The number of hydrogen-bond acceptors (Lipinski definition) is 6. The van der Waals surface area contributed by atoms with Crippen LogP contribution in [0.1, 0.15) is 6.42 Å². The van der Waals surface area contributed by atoms with E-state index in [0.29, 0.717) is 27.9 Å². The van der Waals surface area contributed by atoms with Crippen LogP contribution in [0.2, 0.25) is 0 Å². The Balaban J connectivity index is 3.04. The van der Waals surface area contributed by atoms with Crippen LogP contribution < -0.4 is 5.43 Å². The van der Waals surface area contributed by atoms with Gasteiger partial charge in [0.05, 0.1) is 19.8 Å². The van der Waals surface area contributed by atoms with Crippen molar-refractivity contribution in [3.8, 4) is 0 Å². The SMILES string of the molecule is COC=C(OC1=CC=C(Cl)CC1=C=NNC(=S)N(C)C)C(=O)OC. The van der Waals surface area contributed by atoms with Crippen molar-refractivity contribution >= 4 is 40.8 Å². The molecule has 24 heavy (non-hydrogen) atoms. The number of hydrazone groups is 1. The number of allylic oxidation sites excluding steroid dienone is 4. The zero-order valence-corrected chi connectivity index (χ0v) is 15.3. The van der Waals surface area contributed by atoms with Gasteiger partial charge in [-0.05, 0) is 24.4 Å². The lowest BCUT2D eigenvalue weighted by Crippen LogP contribution is -2.30. The summed E-state index contributed by atoms with van der Waals surface area (Å²) in [6.45, 7) is 0. The molecule has 9 heteroatoms. The number of ether oxygens (including phenoxy) is 3. The zero-order chi connectivity index (χ0) is 18.1. The van der Waals surface area contributed by atoms with Crippen molar-refractivity contribution in [3.05, 3.63) is 40.5 Å². The molecule has 1 N–H and O–H groups in total. The zero-order valence-electron chi connectivity index (χ0n) is 13.8. The van der Waals surface area contributed by atoms with Crippen LogP contribution in [0.25, 0.3) is 0 Å². The number of carbonyl (C=O) groups excluding carboxylic acids is 1. The molecular weight excluding hydrogens is 354 g/mol. The number of halogens is 1. The number of carbonyl (C=O) groups is 1. The first kappa shape index (κ1) is 19.8. The molecule has 0 spiro atoms. The molecule has 1 aliphatic carbocycles. The Kier molecular flexibility index (Phi) is 8.05. The first-order valence-electron chi connectivity index (χ1n) is 6.73. The molecule has 0 fully saturated rings. The lowest BCUT2D eigenvalue weighted by molar-refractivity contribution is -0.139. The van der Waals surface area contributed by atoms with E-state index in [2.05, 4.69) is 21.1 Å². The summed E-state index contributed by atoms with van der Waals surface area (Å²) in [6, 6.07) is 0. The van der Waals surface area contributed by atoms with Crippen LogP contribution in [-0.4, -0.2) is 50.2 Å². The van der Waals surface area contributed by atoms with Gasteiger partial charge in [-0.25, -0.2) is 10.2 Å². The van der Waals surface area contributed by atoms with Crippen LogP contribution >= 0.6 is 23.8 Å². The lowest BCUT2D eigenvalue weighted by Gasteiger charge is -2.15. The average Bonchev–Trinajstić information content (AvgIpc) is 2.55. The summed E-state index contributed by atoms with van der Waals surface area (Å²) in [5.74, 6) is 2.32. The second-order valence-electron chi connectivity index (χ2n) is 4.65. The number of hydrogen-bond donors (Lipinski definition) is 1. The Morgan fingerprint density at radius 1 is 1.46 bits per heavy atom. The van der Waals surface area contributed by atoms with E-state index < -0.39 is 5.97 Å². The predicted octanol–water partition coefficient (Wildman–Crippen LogP) is 2.02. The van der Waals surface area contributed by atoms with Gasteiger partial charge >= 0.3 is 5.97 Å². The first-order valence-corrected chi connectivity index (χ1v) is 7.52. The minimum atomic E-state index is -0.679. The summed E-state index contributed by atoms with van der Waals surface area (Å²) in [7, 11) is 6.20. The van der Waals surface area contributed by atoms with E-state index in [-0.39, 0.29) is 5.76 Å². The molecule has 0 saturated carbocycles. The summed E-state index contributed by atoms with van der Waals surface area (Å²) in [4.78, 5) is 13.4. The van der Waals surface area contributed by atoms with Crippen molar-refractivity contribution in [1.82, 2.24) is 10.3 Å². The number of rotatable bonds is 5. The van der Waals surface area contributed by atoms with Crippen molar-refractivity contribution in [2.24, 2.45) is 5.10 Å². The van der Waals surface area contributed by atoms with Gasteiger partial charge in [0.25, 0.3) is 0 Å². The van der Waals surface area contributed by atoms with Gasteiger partial charge in [0.1, 0.15) is 12.0 Å². The molecule has 1 aliphatic rings. The van der Waals surface area contributed by atoms with E-state index in [1.165, 1.54) is 14.2 Å². The highest BCUT2D eigenvalue weighted by atomic mass is 35.5. The first-order chi connectivity index (χ1) is 11.4. The molecule has 0 amide bonds. The number of methoxy groups -OCH3 is 2. The smallest absolute Gasteiger partial charge is 0.377 e. The summed E-state index contributed by atoms with van der Waals surface area (Å²) >= 11 is 11.1. The van der Waals surface area contributed by atoms with Gasteiger partial charge in [-0.2, -0.15) is 0 Å². The molecule has 0 saturated heterocycles. The Hall–Kier alpha value is -2.28. The Bertz CT molecular complexity index is 662. The van der Waals surface area contributed by atoms with Crippen molar-refractivity contribution < 1.29 is 19.0 Å². The van der Waals surface area contributed by atoms with Crippen molar-refractivity contribution in [3.63, 3.8) is 0 Å². The molecule has 0 atom stereocenters. The lowest BCUT2D eigenvalue weighted by atomic mass is 10.1. The number of thiocarbonyl (C=S) groups is 1. The van der Waals surface area contributed by atoms with E-state index in [4.69, 9.17) is 33.3 Å². The normalized spacial score (nSPS) is 13.9. The molecule has 0 radical (unpaired) electrons. The van der Waals surface area contributed by atoms with Gasteiger partial charge < -0.3 is 19.1 Å². The van der Waals surface area contributed by atoms with Crippen LogP contribution in [0.4, 0.5) is 0 Å². The second kappa shape index (κ2) is 9.77. The molecule has 130 valence electrons. The van der Waals surface area contributed by atoms with E-state index in [0.717, 1.165) is 6.26 Å². The summed E-state index contributed by atoms with van der Waals surface area (Å²) in [5.41, 5.74) is 3.18. The van der Waals surface area contributed by atoms with Crippen molar-refractivity contribution in [1.29, 1.82) is 0 Å². The van der Waals surface area contributed by atoms with Gasteiger partial charge in [-0.3, -0.25) is 0 Å². The van der Waals surface area contributed by atoms with Crippen molar-refractivity contribution in [2.75, 3.05) is 28.3 Å². The van der Waals surface area contributed by atoms with Crippen LogP contribution in [0.3, 0.4) is 0 Å². The molecule has 0 aromatic rings. The summed E-state index contributed by atoms with van der Waals surface area (Å²) in [6.07, 6.45) is 4.73. The standard InChI is InChI=1S/C15H18ClN3O4S/c1-19(2)15(24)18-17-8-10-7-11(16)5-6-12(10)23-13(9-21-3)14(20)22-4/h5-6,9H,7H2,1-4H3,(H,18,24). The minimum Gasteiger partial charge on any atom is -0.500 e. The van der Waals surface area contributed by atoms with Crippen LogP contribution in [0.5, 0.6) is 0 Å². The molecule has 0 heterocycles. The Labute approximate surface area is 150 Å². The maximum Gasteiger partial charge on any atom is 0.377 e. The van der Waals surface area contributed by atoms with Gasteiger partial charge in [0.2, 0.25) is 5.76 Å². The van der Waals surface area contributed by atoms with Gasteiger partial charge in [0, 0.05) is 31.4 Å². The maximum absolute atomic E-state index is 11.7. The highest BCUT2D eigenvalue weighted by molar-refractivity contribution is 7.80. The Morgan fingerprint density at radius 2 is 2.17 bits per heavy atom. The molecule has 0 aromatic carbocycles. The van der Waals surface area contributed by atoms with Crippen LogP contribution in [-0.2, 0) is 19.0 Å². The predicted molar refractivity (Wildman–Crippen MR) is 95.2 cm³/mol. The fourth-order valence-electron chi connectivity index (χ4n) is 1.46. The third kappa shape index (κ3) is 6.08. The highest BCUT2D eigenvalue weighted by Crippen LogP contribution is 2.27. The molecule has 0 aromatic heterocycles. The molecule has 0 bridgehead atoms. The molecule has 7 nitrogen and oxygen atoms in total. The third-order valence-corrected chi connectivity index (χ3v) is 3.35. The minimum absolute atomic E-state index is 0.117. The van der Waals surface area contributed by atoms with Crippen LogP contribution in [0.15, 0.2) is 45.6 Å². The Morgan fingerprint density at radius 3 is 2.75 bits per heavy atom. The third-order valence-electron chi connectivity index (χ3n) is 2.64. The second-order valence-corrected chi connectivity index (χ2v) is 5.52. The quantitative estimate of drug-likeness (QED) is 0.198. The number of esters is 1. The fourth-order valence-corrected chi connectivity index (χ4v) is 1.70. The molecule has 0 unspecified atom stereocenters. The van der Waals surface area contributed by atoms with Gasteiger partial charge in [-0.15, -0.1) is 5.10 Å². The van der Waals surface area contributed by atoms with Gasteiger partial charge in [-0.1, -0.05) is 11.6 Å². The van der Waals surface area contributed by atoms with Crippen LogP contribution in [0, 0.1) is 0 Å². The summed E-state index contributed by atoms with van der Waals surface area (Å²) in [5, 5.41) is 4.92. The van der Waals surface area contributed by atoms with E-state index >= 15 is 0 Å².